The highest BCUT2D eigenvalue weighted by atomic mass is 16.7. The third kappa shape index (κ3) is 5.49. The summed E-state index contributed by atoms with van der Waals surface area (Å²) in [6.45, 7) is 0.866. The van der Waals surface area contributed by atoms with Crippen LogP contribution in [0.25, 0.3) is 22.3 Å². The molecule has 10 atom stereocenters. The van der Waals surface area contributed by atoms with Crippen LogP contribution in [-0.4, -0.2) is 114 Å². The second-order valence-electron chi connectivity index (χ2n) is 10.1. The summed E-state index contributed by atoms with van der Waals surface area (Å²) in [5, 5.41) is 91.4. The van der Waals surface area contributed by atoms with Gasteiger partial charge in [-0.25, -0.2) is 0 Å². The Labute approximate surface area is 236 Å². The monoisotopic (exact) mass is 594 g/mol. The summed E-state index contributed by atoms with van der Waals surface area (Å²) < 4.78 is 28.0. The summed E-state index contributed by atoms with van der Waals surface area (Å²) in [6.07, 6.45) is -15.8. The molecule has 0 bridgehead atoms. The molecule has 3 aromatic rings. The maximum Gasteiger partial charge on any atom is 0.239 e. The van der Waals surface area contributed by atoms with Crippen molar-refractivity contribution in [3.63, 3.8) is 0 Å². The standard InChI is InChI=1S/C27H30O15/c1-9-17(31)20(34)22(36)26(39-9)38-8-15-18(32)21(35)23(37)27(41-15)42-25-19(33)16-13(30)6-12(29)7-14(16)40-24(25)10-2-4-11(28)5-3-10/h2-7,9,15,17-18,20-23,26-32,34-37H,8H2,1H3/t9-,15-,17-,18-,20+,21+,22+,23-,26-,27+/m1/s1. The van der Waals surface area contributed by atoms with E-state index in [9.17, 15) is 50.8 Å². The van der Waals surface area contributed by atoms with Gasteiger partial charge in [0, 0.05) is 17.7 Å². The smallest absolute Gasteiger partial charge is 0.239 e. The van der Waals surface area contributed by atoms with E-state index in [1.807, 2.05) is 0 Å². The number of aliphatic hydroxyl groups is 6. The number of benzene rings is 2. The zero-order valence-electron chi connectivity index (χ0n) is 21.9. The molecule has 3 heterocycles. The van der Waals surface area contributed by atoms with E-state index in [0.29, 0.717) is 0 Å². The summed E-state index contributed by atoms with van der Waals surface area (Å²) in [5.74, 6) is -1.97. The molecule has 5 rings (SSSR count). The minimum absolute atomic E-state index is 0.103. The van der Waals surface area contributed by atoms with E-state index < -0.39 is 90.7 Å². The Bertz CT molecular complexity index is 1470. The van der Waals surface area contributed by atoms with Crippen LogP contribution in [0.1, 0.15) is 6.92 Å². The molecule has 2 aromatic carbocycles. The molecule has 15 nitrogen and oxygen atoms in total. The fourth-order valence-corrected chi connectivity index (χ4v) is 4.79. The molecule has 9 N–H and O–H groups in total. The third-order valence-corrected chi connectivity index (χ3v) is 7.18. The predicted molar refractivity (Wildman–Crippen MR) is 139 cm³/mol. The third-order valence-electron chi connectivity index (χ3n) is 7.18. The van der Waals surface area contributed by atoms with Gasteiger partial charge in [-0.15, -0.1) is 0 Å². The van der Waals surface area contributed by atoms with Gasteiger partial charge in [0.1, 0.15) is 70.9 Å². The number of phenols is 3. The average molecular weight is 595 g/mol. The van der Waals surface area contributed by atoms with Gasteiger partial charge in [0.15, 0.2) is 12.1 Å². The van der Waals surface area contributed by atoms with E-state index in [4.69, 9.17) is 23.4 Å². The predicted octanol–water partition coefficient (Wildman–Crippen LogP) is -1.39. The van der Waals surface area contributed by atoms with Crippen molar-refractivity contribution in [1.82, 2.24) is 0 Å². The largest absolute Gasteiger partial charge is 0.508 e. The van der Waals surface area contributed by atoms with E-state index in [1.165, 1.54) is 31.2 Å². The fraction of sp³-hybridized carbons (Fsp3) is 0.444. The lowest BCUT2D eigenvalue weighted by Gasteiger charge is -2.42. The van der Waals surface area contributed by atoms with Crippen molar-refractivity contribution in [2.24, 2.45) is 0 Å². The molecule has 2 fully saturated rings. The highest BCUT2D eigenvalue weighted by molar-refractivity contribution is 5.88. The van der Waals surface area contributed by atoms with Gasteiger partial charge >= 0.3 is 0 Å². The average Bonchev–Trinajstić information content (AvgIpc) is 2.95. The van der Waals surface area contributed by atoms with E-state index >= 15 is 0 Å². The van der Waals surface area contributed by atoms with Crippen LogP contribution in [0.5, 0.6) is 23.0 Å². The Morgan fingerprint density at radius 3 is 2.10 bits per heavy atom. The number of hydrogen-bond acceptors (Lipinski definition) is 15. The first-order chi connectivity index (χ1) is 19.9. The maximum atomic E-state index is 13.5. The van der Waals surface area contributed by atoms with Crippen LogP contribution >= 0.6 is 0 Å². The molecule has 2 aliphatic heterocycles. The Balaban J connectivity index is 1.46. The van der Waals surface area contributed by atoms with Crippen LogP contribution in [0.3, 0.4) is 0 Å². The molecule has 0 unspecified atom stereocenters. The lowest BCUT2D eigenvalue weighted by Crippen LogP contribution is -2.61. The number of phenolic OH excluding ortho intramolecular Hbond substituents is 3. The van der Waals surface area contributed by atoms with Gasteiger partial charge in [-0.05, 0) is 31.2 Å². The molecule has 0 aliphatic carbocycles. The first kappa shape index (κ1) is 30.0. The van der Waals surface area contributed by atoms with Crippen molar-refractivity contribution in [1.29, 1.82) is 0 Å². The van der Waals surface area contributed by atoms with Crippen molar-refractivity contribution in [3.05, 3.63) is 46.6 Å². The summed E-state index contributed by atoms with van der Waals surface area (Å²) >= 11 is 0. The molecular formula is C27H30O15. The minimum Gasteiger partial charge on any atom is -0.508 e. The summed E-state index contributed by atoms with van der Waals surface area (Å²) in [6, 6.07) is 7.33. The maximum absolute atomic E-state index is 13.5. The van der Waals surface area contributed by atoms with Crippen LogP contribution in [-0.2, 0) is 14.2 Å². The van der Waals surface area contributed by atoms with Crippen LogP contribution in [0.15, 0.2) is 45.6 Å². The zero-order chi connectivity index (χ0) is 30.5. The second kappa shape index (κ2) is 11.6. The fourth-order valence-electron chi connectivity index (χ4n) is 4.79. The van der Waals surface area contributed by atoms with Gasteiger partial charge in [-0.2, -0.15) is 0 Å². The highest BCUT2D eigenvalue weighted by Crippen LogP contribution is 2.37. The SMILES string of the molecule is C[C@H]1O[C@@H](OC[C@H]2O[C@@H](Oc3c(-c4ccc(O)cc4)oc4cc(O)cc(O)c4c3=O)[C@H](O)[C@@H](O)[C@@H]2O)[C@@H](O)[C@@H](O)[C@@H]1O. The van der Waals surface area contributed by atoms with E-state index in [1.54, 1.807) is 0 Å². The molecule has 0 radical (unpaired) electrons. The van der Waals surface area contributed by atoms with Crippen LogP contribution in [0, 0.1) is 0 Å². The van der Waals surface area contributed by atoms with Gasteiger partial charge < -0.3 is 69.3 Å². The number of aromatic hydroxyl groups is 3. The molecule has 1 aromatic heterocycles. The Morgan fingerprint density at radius 1 is 0.762 bits per heavy atom. The van der Waals surface area contributed by atoms with E-state index in [-0.39, 0.29) is 28.0 Å². The second-order valence-corrected chi connectivity index (χ2v) is 10.1. The molecule has 15 heteroatoms. The molecule has 0 amide bonds. The first-order valence-electron chi connectivity index (χ1n) is 12.9. The number of fused-ring (bicyclic) bond motifs is 1. The summed E-state index contributed by atoms with van der Waals surface area (Å²) in [5.41, 5.74) is -0.956. The molecule has 228 valence electrons. The normalized spacial score (nSPS) is 33.5. The topological polar surface area (TPSA) is 249 Å². The van der Waals surface area contributed by atoms with Gasteiger partial charge in [0.2, 0.25) is 17.5 Å². The van der Waals surface area contributed by atoms with Crippen molar-refractivity contribution in [2.45, 2.75) is 68.3 Å². The molecule has 0 saturated carbocycles. The van der Waals surface area contributed by atoms with Crippen molar-refractivity contribution < 1.29 is 69.3 Å². The van der Waals surface area contributed by atoms with E-state index in [0.717, 1.165) is 12.1 Å². The highest BCUT2D eigenvalue weighted by Gasteiger charge is 2.47. The summed E-state index contributed by atoms with van der Waals surface area (Å²) in [7, 11) is 0. The van der Waals surface area contributed by atoms with Crippen LogP contribution < -0.4 is 10.2 Å². The Hall–Kier alpha value is -3.51. The Kier molecular flexibility index (Phi) is 8.30. The van der Waals surface area contributed by atoms with Crippen molar-refractivity contribution in [2.75, 3.05) is 6.61 Å². The van der Waals surface area contributed by atoms with Crippen LogP contribution in [0.2, 0.25) is 0 Å². The summed E-state index contributed by atoms with van der Waals surface area (Å²) in [4.78, 5) is 13.5. The van der Waals surface area contributed by atoms with Gasteiger partial charge in [0.05, 0.1) is 12.7 Å². The molecule has 0 spiro atoms. The van der Waals surface area contributed by atoms with Crippen molar-refractivity contribution >= 4 is 11.0 Å². The zero-order valence-corrected chi connectivity index (χ0v) is 21.9. The lowest BCUT2D eigenvalue weighted by molar-refractivity contribution is -0.318. The lowest BCUT2D eigenvalue weighted by atomic mass is 9.98. The van der Waals surface area contributed by atoms with E-state index in [2.05, 4.69) is 0 Å². The number of aliphatic hydroxyl groups excluding tert-OH is 6. The van der Waals surface area contributed by atoms with Gasteiger partial charge in [-0.1, -0.05) is 0 Å². The van der Waals surface area contributed by atoms with Crippen molar-refractivity contribution in [3.8, 4) is 34.3 Å². The quantitative estimate of drug-likeness (QED) is 0.159. The van der Waals surface area contributed by atoms with Crippen LogP contribution in [0.4, 0.5) is 0 Å². The first-order valence-corrected chi connectivity index (χ1v) is 12.9. The van der Waals surface area contributed by atoms with Gasteiger partial charge in [-0.3, -0.25) is 4.79 Å². The number of rotatable bonds is 6. The molecule has 42 heavy (non-hydrogen) atoms. The number of ether oxygens (including phenoxy) is 4. The molecular weight excluding hydrogens is 564 g/mol. The van der Waals surface area contributed by atoms with Gasteiger partial charge in [0.25, 0.3) is 0 Å². The minimum atomic E-state index is -1.92. The Morgan fingerprint density at radius 2 is 1.40 bits per heavy atom. The molecule has 2 aliphatic rings. The molecule has 2 saturated heterocycles. The number of hydrogen-bond donors (Lipinski definition) is 9.